The second kappa shape index (κ2) is 7.49. The highest BCUT2D eigenvalue weighted by Crippen LogP contribution is 2.17. The zero-order valence-corrected chi connectivity index (χ0v) is 9.97. The zero-order chi connectivity index (χ0) is 12.5. The minimum atomic E-state index is -0.293. The summed E-state index contributed by atoms with van der Waals surface area (Å²) < 4.78 is 15.3. The molecule has 5 heteroatoms. The smallest absolute Gasteiger partial charge is 0.174 e. The first kappa shape index (κ1) is 13.3. The molecule has 0 aliphatic rings. The molecule has 0 saturated heterocycles. The fourth-order valence-electron chi connectivity index (χ4n) is 1.28. The average molecular weight is 236 g/mol. The van der Waals surface area contributed by atoms with Crippen LogP contribution in [0.25, 0.3) is 0 Å². The summed E-state index contributed by atoms with van der Waals surface area (Å²) in [6, 6.07) is 9.29. The number of anilines is 1. The molecule has 1 rings (SSSR count). The minimum absolute atomic E-state index is 0.0439. The summed E-state index contributed by atoms with van der Waals surface area (Å²) in [5.74, 6) is 0.655. The molecule has 0 atom stereocenters. The Morgan fingerprint density at radius 2 is 2.12 bits per heavy atom. The van der Waals surface area contributed by atoms with Gasteiger partial charge in [-0.15, -0.1) is 0 Å². The van der Waals surface area contributed by atoms with E-state index in [1.165, 1.54) is 0 Å². The summed E-state index contributed by atoms with van der Waals surface area (Å²) in [5, 5.41) is 11.6. The van der Waals surface area contributed by atoms with Gasteiger partial charge in [0.25, 0.3) is 0 Å². The summed E-state index contributed by atoms with van der Waals surface area (Å²) in [6.07, 6.45) is -0.293. The Hall–Kier alpha value is -1.77. The number of hydrogen-bond acceptors (Lipinski definition) is 5. The Kier molecular flexibility index (Phi) is 5.86. The van der Waals surface area contributed by atoms with Crippen molar-refractivity contribution in [2.75, 3.05) is 32.7 Å². The molecule has 5 nitrogen and oxygen atoms in total. The third-order valence-electron chi connectivity index (χ3n) is 2.14. The number of nitrogens with zero attached hydrogens (tertiary/aromatic N) is 1. The van der Waals surface area contributed by atoms with Crippen molar-refractivity contribution in [2.45, 2.75) is 6.29 Å². The molecule has 0 aliphatic heterocycles. The molecule has 0 bridgehead atoms. The highest BCUT2D eigenvalue weighted by atomic mass is 16.7. The van der Waals surface area contributed by atoms with Crippen LogP contribution in [0, 0.1) is 11.3 Å². The van der Waals surface area contributed by atoms with E-state index in [-0.39, 0.29) is 12.9 Å². The number of methoxy groups -OCH3 is 2. The monoisotopic (exact) mass is 236 g/mol. The molecular formula is C12H16N2O3. The van der Waals surface area contributed by atoms with Gasteiger partial charge in [-0.3, -0.25) is 0 Å². The summed E-state index contributed by atoms with van der Waals surface area (Å²) in [6.45, 7) is 0.580. The molecule has 0 aliphatic carbocycles. The van der Waals surface area contributed by atoms with Crippen LogP contribution < -0.4 is 10.1 Å². The van der Waals surface area contributed by atoms with Gasteiger partial charge in [-0.05, 0) is 12.1 Å². The van der Waals surface area contributed by atoms with E-state index in [0.717, 1.165) is 5.69 Å². The molecule has 1 aromatic rings. The topological polar surface area (TPSA) is 63.5 Å². The Balaban J connectivity index is 2.51. The predicted octanol–water partition coefficient (Wildman–Crippen LogP) is 1.62. The Bertz CT molecular complexity index is 372. The van der Waals surface area contributed by atoms with E-state index in [1.807, 2.05) is 24.3 Å². The van der Waals surface area contributed by atoms with Gasteiger partial charge in [-0.1, -0.05) is 6.07 Å². The van der Waals surface area contributed by atoms with E-state index in [1.54, 1.807) is 20.3 Å². The molecule has 0 spiro atoms. The van der Waals surface area contributed by atoms with Crippen LogP contribution in [0.15, 0.2) is 24.3 Å². The third kappa shape index (κ3) is 4.72. The van der Waals surface area contributed by atoms with Gasteiger partial charge < -0.3 is 19.5 Å². The third-order valence-corrected chi connectivity index (χ3v) is 2.14. The molecule has 0 amide bonds. The number of nitriles is 1. The number of nitrogens with one attached hydrogen (secondary N) is 1. The van der Waals surface area contributed by atoms with E-state index in [0.29, 0.717) is 12.3 Å². The van der Waals surface area contributed by atoms with Gasteiger partial charge in [0.1, 0.15) is 11.8 Å². The van der Waals surface area contributed by atoms with Crippen LogP contribution in [-0.4, -0.2) is 33.7 Å². The first-order valence-electron chi connectivity index (χ1n) is 5.19. The van der Waals surface area contributed by atoms with Crippen molar-refractivity contribution in [3.8, 4) is 11.8 Å². The van der Waals surface area contributed by atoms with Crippen LogP contribution in [0.4, 0.5) is 5.69 Å². The number of rotatable bonds is 7. The van der Waals surface area contributed by atoms with Crippen molar-refractivity contribution in [3.63, 3.8) is 0 Å². The van der Waals surface area contributed by atoms with Gasteiger partial charge in [0.2, 0.25) is 0 Å². The summed E-state index contributed by atoms with van der Waals surface area (Å²) in [5.41, 5.74) is 0.888. The molecule has 92 valence electrons. The SMILES string of the molecule is COC(CNc1cccc(OCC#N)c1)OC. The zero-order valence-electron chi connectivity index (χ0n) is 9.97. The fraction of sp³-hybridized carbons (Fsp3) is 0.417. The highest BCUT2D eigenvalue weighted by molar-refractivity contribution is 5.48. The normalized spacial score (nSPS) is 10.0. The van der Waals surface area contributed by atoms with E-state index in [4.69, 9.17) is 19.5 Å². The highest BCUT2D eigenvalue weighted by Gasteiger charge is 2.04. The fourth-order valence-corrected chi connectivity index (χ4v) is 1.28. The lowest BCUT2D eigenvalue weighted by atomic mass is 10.3. The van der Waals surface area contributed by atoms with Gasteiger partial charge in [0.05, 0.1) is 6.54 Å². The predicted molar refractivity (Wildman–Crippen MR) is 63.8 cm³/mol. The molecule has 0 fully saturated rings. The van der Waals surface area contributed by atoms with Crippen molar-refractivity contribution in [1.82, 2.24) is 0 Å². The molecule has 0 unspecified atom stereocenters. The summed E-state index contributed by atoms with van der Waals surface area (Å²) >= 11 is 0. The van der Waals surface area contributed by atoms with Crippen LogP contribution in [-0.2, 0) is 9.47 Å². The van der Waals surface area contributed by atoms with Crippen molar-refractivity contribution in [3.05, 3.63) is 24.3 Å². The maximum absolute atomic E-state index is 8.41. The molecular weight excluding hydrogens is 220 g/mol. The van der Waals surface area contributed by atoms with E-state index in [9.17, 15) is 0 Å². The Morgan fingerprint density at radius 3 is 2.76 bits per heavy atom. The van der Waals surface area contributed by atoms with Crippen molar-refractivity contribution >= 4 is 5.69 Å². The first-order chi connectivity index (χ1) is 8.30. The molecule has 17 heavy (non-hydrogen) atoms. The van der Waals surface area contributed by atoms with E-state index in [2.05, 4.69) is 5.32 Å². The molecule has 0 heterocycles. The number of hydrogen-bond donors (Lipinski definition) is 1. The van der Waals surface area contributed by atoms with Crippen molar-refractivity contribution < 1.29 is 14.2 Å². The standard InChI is InChI=1S/C12H16N2O3/c1-15-12(16-2)9-14-10-4-3-5-11(8-10)17-7-6-13/h3-5,8,12,14H,7,9H2,1-2H3. The molecule has 0 saturated carbocycles. The van der Waals surface area contributed by atoms with Crippen LogP contribution in [0.1, 0.15) is 0 Å². The summed E-state index contributed by atoms with van der Waals surface area (Å²) in [4.78, 5) is 0. The van der Waals surface area contributed by atoms with Crippen LogP contribution in [0.5, 0.6) is 5.75 Å². The van der Waals surface area contributed by atoms with E-state index < -0.39 is 0 Å². The number of benzene rings is 1. The van der Waals surface area contributed by atoms with Gasteiger partial charge in [0, 0.05) is 26.0 Å². The van der Waals surface area contributed by atoms with Gasteiger partial charge in [0.15, 0.2) is 12.9 Å². The average Bonchev–Trinajstić information content (AvgIpc) is 2.38. The van der Waals surface area contributed by atoms with Crippen LogP contribution in [0.2, 0.25) is 0 Å². The largest absolute Gasteiger partial charge is 0.479 e. The minimum Gasteiger partial charge on any atom is -0.479 e. The van der Waals surface area contributed by atoms with Gasteiger partial charge >= 0.3 is 0 Å². The lowest BCUT2D eigenvalue weighted by Crippen LogP contribution is -2.23. The van der Waals surface area contributed by atoms with Gasteiger partial charge in [-0.2, -0.15) is 5.26 Å². The second-order valence-electron chi connectivity index (χ2n) is 3.26. The van der Waals surface area contributed by atoms with Crippen LogP contribution in [0.3, 0.4) is 0 Å². The molecule has 0 aromatic heterocycles. The summed E-state index contributed by atoms with van der Waals surface area (Å²) in [7, 11) is 3.17. The Morgan fingerprint density at radius 1 is 1.35 bits per heavy atom. The molecule has 1 N–H and O–H groups in total. The van der Waals surface area contributed by atoms with Gasteiger partial charge in [-0.25, -0.2) is 0 Å². The van der Waals surface area contributed by atoms with E-state index >= 15 is 0 Å². The second-order valence-corrected chi connectivity index (χ2v) is 3.26. The van der Waals surface area contributed by atoms with Crippen molar-refractivity contribution in [2.24, 2.45) is 0 Å². The molecule has 0 radical (unpaired) electrons. The number of ether oxygens (including phenoxy) is 3. The lowest BCUT2D eigenvalue weighted by Gasteiger charge is -2.15. The lowest BCUT2D eigenvalue weighted by molar-refractivity contribution is -0.0914. The maximum atomic E-state index is 8.41. The quantitative estimate of drug-likeness (QED) is 0.729. The van der Waals surface area contributed by atoms with Crippen molar-refractivity contribution in [1.29, 1.82) is 5.26 Å². The molecule has 1 aromatic carbocycles. The van der Waals surface area contributed by atoms with Crippen LogP contribution >= 0.6 is 0 Å². The first-order valence-corrected chi connectivity index (χ1v) is 5.19. The maximum Gasteiger partial charge on any atom is 0.174 e. The Labute approximate surface area is 101 Å².